The molecule has 2 unspecified atom stereocenters. The molecule has 184 valence electrons. The van der Waals surface area contributed by atoms with Crippen LogP contribution in [0.5, 0.6) is 0 Å². The molecule has 1 N–H and O–H groups in total. The zero-order valence-corrected chi connectivity index (χ0v) is 20.6. The standard InChI is InChI=1S/C28H37F2N3O/c1-28(2,3)25-19-32(16-17-33(25)26(34)18-20-12-14-31-15-13-20)27(21-8-10-22(29)11-9-21)23-6-4-5-7-24(23)30/h4-11,20,25,27,31H,12-19H2,1-3H3. The fraction of sp³-hybridized carbons (Fsp3) is 0.536. The van der Waals surface area contributed by atoms with Gasteiger partial charge in [-0.3, -0.25) is 9.69 Å². The molecule has 2 heterocycles. The fourth-order valence-electron chi connectivity index (χ4n) is 5.46. The summed E-state index contributed by atoms with van der Waals surface area (Å²) in [5, 5.41) is 3.37. The summed E-state index contributed by atoms with van der Waals surface area (Å²) in [6.07, 6.45) is 2.70. The maximum absolute atomic E-state index is 15.0. The molecular formula is C28H37F2N3O. The topological polar surface area (TPSA) is 35.6 Å². The maximum Gasteiger partial charge on any atom is 0.223 e. The van der Waals surface area contributed by atoms with E-state index in [1.54, 1.807) is 18.2 Å². The summed E-state index contributed by atoms with van der Waals surface area (Å²) in [6, 6.07) is 12.8. The normalized spacial score (nSPS) is 21.4. The fourth-order valence-corrected chi connectivity index (χ4v) is 5.46. The smallest absolute Gasteiger partial charge is 0.223 e. The number of piperazine rings is 1. The van der Waals surface area contributed by atoms with Crippen LogP contribution in [0.25, 0.3) is 0 Å². The summed E-state index contributed by atoms with van der Waals surface area (Å²) in [4.78, 5) is 17.7. The van der Waals surface area contributed by atoms with Gasteiger partial charge in [-0.25, -0.2) is 8.78 Å². The lowest BCUT2D eigenvalue weighted by Gasteiger charge is -2.49. The van der Waals surface area contributed by atoms with E-state index in [9.17, 15) is 13.6 Å². The van der Waals surface area contributed by atoms with Crippen molar-refractivity contribution in [1.82, 2.24) is 15.1 Å². The van der Waals surface area contributed by atoms with Gasteiger partial charge in [-0.2, -0.15) is 0 Å². The summed E-state index contributed by atoms with van der Waals surface area (Å²) < 4.78 is 28.7. The molecule has 0 saturated carbocycles. The molecule has 2 fully saturated rings. The second-order valence-corrected chi connectivity index (χ2v) is 10.8. The largest absolute Gasteiger partial charge is 0.337 e. The van der Waals surface area contributed by atoms with Crippen molar-refractivity contribution in [2.24, 2.45) is 11.3 Å². The van der Waals surface area contributed by atoms with Gasteiger partial charge in [0.2, 0.25) is 5.91 Å². The van der Waals surface area contributed by atoms with Crippen molar-refractivity contribution in [2.75, 3.05) is 32.7 Å². The van der Waals surface area contributed by atoms with Gasteiger partial charge < -0.3 is 10.2 Å². The highest BCUT2D eigenvalue weighted by atomic mass is 19.1. The van der Waals surface area contributed by atoms with Crippen LogP contribution in [0.4, 0.5) is 8.78 Å². The Balaban J connectivity index is 1.61. The molecule has 6 heteroatoms. The summed E-state index contributed by atoms with van der Waals surface area (Å²) >= 11 is 0. The number of halogens is 2. The molecular weight excluding hydrogens is 432 g/mol. The van der Waals surface area contributed by atoms with E-state index in [0.717, 1.165) is 31.5 Å². The van der Waals surface area contributed by atoms with Crippen molar-refractivity contribution in [3.63, 3.8) is 0 Å². The number of rotatable bonds is 5. The molecule has 0 bridgehead atoms. The van der Waals surface area contributed by atoms with Gasteiger partial charge in [0, 0.05) is 37.7 Å². The molecule has 4 rings (SSSR count). The molecule has 0 aliphatic carbocycles. The first-order valence-electron chi connectivity index (χ1n) is 12.5. The van der Waals surface area contributed by atoms with Gasteiger partial charge in [0.1, 0.15) is 11.6 Å². The lowest BCUT2D eigenvalue weighted by atomic mass is 9.82. The van der Waals surface area contributed by atoms with Gasteiger partial charge in [-0.05, 0) is 61.0 Å². The van der Waals surface area contributed by atoms with Gasteiger partial charge in [-0.1, -0.05) is 51.1 Å². The lowest BCUT2D eigenvalue weighted by molar-refractivity contribution is -0.141. The van der Waals surface area contributed by atoms with Gasteiger partial charge in [-0.15, -0.1) is 0 Å². The van der Waals surface area contributed by atoms with Crippen LogP contribution in [0.15, 0.2) is 48.5 Å². The number of amides is 1. The van der Waals surface area contributed by atoms with E-state index >= 15 is 0 Å². The monoisotopic (exact) mass is 469 g/mol. The van der Waals surface area contributed by atoms with Crippen LogP contribution in [-0.2, 0) is 4.79 Å². The third-order valence-electron chi connectivity index (χ3n) is 7.40. The number of carbonyl (C=O) groups is 1. The summed E-state index contributed by atoms with van der Waals surface area (Å²) in [6.45, 7) is 10.4. The molecule has 4 nitrogen and oxygen atoms in total. The second-order valence-electron chi connectivity index (χ2n) is 10.8. The highest BCUT2D eigenvalue weighted by Gasteiger charge is 2.41. The number of benzene rings is 2. The Hall–Kier alpha value is -2.31. The van der Waals surface area contributed by atoms with Crippen LogP contribution < -0.4 is 5.32 Å². The van der Waals surface area contributed by atoms with Gasteiger partial charge in [0.05, 0.1) is 6.04 Å². The van der Waals surface area contributed by atoms with E-state index in [2.05, 4.69) is 35.9 Å². The average Bonchev–Trinajstić information content (AvgIpc) is 2.81. The quantitative estimate of drug-likeness (QED) is 0.669. The molecule has 2 aromatic rings. The predicted octanol–water partition coefficient (Wildman–Crippen LogP) is 5.00. The SMILES string of the molecule is CC(C)(C)C1CN(C(c2ccc(F)cc2)c2ccccc2F)CCN1C(=O)CC1CCNCC1. The number of carbonyl (C=O) groups excluding carboxylic acids is 1. The Kier molecular flexibility index (Phi) is 7.68. The molecule has 0 radical (unpaired) electrons. The average molecular weight is 470 g/mol. The van der Waals surface area contributed by atoms with Crippen molar-refractivity contribution in [3.05, 3.63) is 71.3 Å². The minimum atomic E-state index is -0.340. The maximum atomic E-state index is 15.0. The molecule has 2 aromatic carbocycles. The van der Waals surface area contributed by atoms with Crippen LogP contribution in [-0.4, -0.2) is 54.5 Å². The zero-order chi connectivity index (χ0) is 24.3. The van der Waals surface area contributed by atoms with E-state index in [4.69, 9.17) is 0 Å². The number of nitrogens with one attached hydrogen (secondary N) is 1. The lowest BCUT2D eigenvalue weighted by Crippen LogP contribution is -2.60. The minimum absolute atomic E-state index is 0.00480. The van der Waals surface area contributed by atoms with Crippen molar-refractivity contribution in [3.8, 4) is 0 Å². The van der Waals surface area contributed by atoms with E-state index in [1.807, 2.05) is 12.1 Å². The van der Waals surface area contributed by atoms with Crippen molar-refractivity contribution >= 4 is 5.91 Å². The Morgan fingerprint density at radius 2 is 1.71 bits per heavy atom. The number of piperidine rings is 1. The van der Waals surface area contributed by atoms with Crippen LogP contribution >= 0.6 is 0 Å². The summed E-state index contributed by atoms with van der Waals surface area (Å²) in [7, 11) is 0. The molecule has 0 spiro atoms. The Bertz CT molecular complexity index is 966. The molecule has 1 amide bonds. The number of hydrogen-bond donors (Lipinski definition) is 1. The number of hydrogen-bond acceptors (Lipinski definition) is 3. The second kappa shape index (κ2) is 10.5. The molecule has 34 heavy (non-hydrogen) atoms. The first-order chi connectivity index (χ1) is 16.2. The highest BCUT2D eigenvalue weighted by molar-refractivity contribution is 5.77. The van der Waals surface area contributed by atoms with E-state index in [0.29, 0.717) is 37.5 Å². The molecule has 2 aliphatic heterocycles. The van der Waals surface area contributed by atoms with Crippen LogP contribution in [0, 0.1) is 23.0 Å². The highest BCUT2D eigenvalue weighted by Crippen LogP contribution is 2.36. The molecule has 2 saturated heterocycles. The Morgan fingerprint density at radius 3 is 2.35 bits per heavy atom. The van der Waals surface area contributed by atoms with Crippen LogP contribution in [0.3, 0.4) is 0 Å². The molecule has 2 aliphatic rings. The van der Waals surface area contributed by atoms with E-state index in [1.165, 1.54) is 18.2 Å². The first-order valence-corrected chi connectivity index (χ1v) is 12.5. The zero-order valence-electron chi connectivity index (χ0n) is 20.6. The third-order valence-corrected chi connectivity index (χ3v) is 7.40. The van der Waals surface area contributed by atoms with Crippen LogP contribution in [0.1, 0.15) is 57.2 Å². The first kappa shape index (κ1) is 24.8. The van der Waals surface area contributed by atoms with Crippen molar-refractivity contribution in [2.45, 2.75) is 52.1 Å². The van der Waals surface area contributed by atoms with Crippen molar-refractivity contribution in [1.29, 1.82) is 0 Å². The Morgan fingerprint density at radius 1 is 1.03 bits per heavy atom. The summed E-state index contributed by atoms with van der Waals surface area (Å²) in [5.74, 6) is 0.0963. The third kappa shape index (κ3) is 5.66. The Labute approximate surface area is 202 Å². The number of nitrogens with zero attached hydrogens (tertiary/aromatic N) is 2. The van der Waals surface area contributed by atoms with E-state index in [-0.39, 0.29) is 35.0 Å². The van der Waals surface area contributed by atoms with E-state index < -0.39 is 0 Å². The van der Waals surface area contributed by atoms with Crippen LogP contribution in [0.2, 0.25) is 0 Å². The molecule has 0 aromatic heterocycles. The minimum Gasteiger partial charge on any atom is -0.337 e. The predicted molar refractivity (Wildman–Crippen MR) is 131 cm³/mol. The summed E-state index contributed by atoms with van der Waals surface area (Å²) in [5.41, 5.74) is 1.30. The van der Waals surface area contributed by atoms with Gasteiger partial charge >= 0.3 is 0 Å². The molecule has 2 atom stereocenters. The van der Waals surface area contributed by atoms with Gasteiger partial charge in [0.15, 0.2) is 0 Å². The van der Waals surface area contributed by atoms with Gasteiger partial charge in [0.25, 0.3) is 0 Å². The van der Waals surface area contributed by atoms with Crippen molar-refractivity contribution < 1.29 is 13.6 Å².